The van der Waals surface area contributed by atoms with Crippen LogP contribution in [0.3, 0.4) is 0 Å². The third-order valence-electron chi connectivity index (χ3n) is 2.46. The van der Waals surface area contributed by atoms with Gasteiger partial charge in [0.05, 0.1) is 0 Å². The first-order valence-corrected chi connectivity index (χ1v) is 6.48. The van der Waals surface area contributed by atoms with Gasteiger partial charge in [0.1, 0.15) is 0 Å². The number of ether oxygens (including phenoxy) is 1. The molecule has 0 radical (unpaired) electrons. The molecular formula is C14H19N3O4. The van der Waals surface area contributed by atoms with Crippen LogP contribution in [0.5, 0.6) is 0 Å². The molecule has 1 aromatic rings. The van der Waals surface area contributed by atoms with Gasteiger partial charge in [-0.05, 0) is 24.6 Å². The first-order valence-electron chi connectivity index (χ1n) is 6.48. The van der Waals surface area contributed by atoms with Crippen LogP contribution in [0, 0.1) is 0 Å². The molecule has 0 saturated heterocycles. The molecule has 0 spiro atoms. The number of hydrogen-bond acceptors (Lipinski definition) is 4. The highest BCUT2D eigenvalue weighted by molar-refractivity contribution is 6.39. The van der Waals surface area contributed by atoms with Crippen molar-refractivity contribution in [1.29, 1.82) is 0 Å². The molecule has 114 valence electrons. The normalized spacial score (nSPS) is 9.81. The van der Waals surface area contributed by atoms with Crippen molar-refractivity contribution >= 4 is 29.1 Å². The van der Waals surface area contributed by atoms with Crippen LogP contribution in [0.4, 0.5) is 11.4 Å². The van der Waals surface area contributed by atoms with Crippen molar-refractivity contribution in [3.63, 3.8) is 0 Å². The molecule has 0 unspecified atom stereocenters. The number of carbonyl (C=O) groups excluding carboxylic acids is 3. The Labute approximate surface area is 123 Å². The van der Waals surface area contributed by atoms with Crippen molar-refractivity contribution < 1.29 is 19.1 Å². The van der Waals surface area contributed by atoms with E-state index < -0.39 is 11.8 Å². The molecule has 3 amide bonds. The summed E-state index contributed by atoms with van der Waals surface area (Å²) in [7, 11) is 1.57. The summed E-state index contributed by atoms with van der Waals surface area (Å²) >= 11 is 0. The zero-order chi connectivity index (χ0) is 15.7. The van der Waals surface area contributed by atoms with Gasteiger partial charge in [-0.25, -0.2) is 0 Å². The summed E-state index contributed by atoms with van der Waals surface area (Å²) < 4.78 is 4.84. The van der Waals surface area contributed by atoms with E-state index in [2.05, 4.69) is 16.0 Å². The van der Waals surface area contributed by atoms with Crippen molar-refractivity contribution in [2.24, 2.45) is 0 Å². The minimum atomic E-state index is -0.757. The van der Waals surface area contributed by atoms with Gasteiger partial charge in [-0.2, -0.15) is 0 Å². The van der Waals surface area contributed by atoms with Gasteiger partial charge in [-0.1, -0.05) is 6.07 Å². The lowest BCUT2D eigenvalue weighted by atomic mass is 10.2. The maximum atomic E-state index is 11.7. The third kappa shape index (κ3) is 6.53. The van der Waals surface area contributed by atoms with E-state index in [0.29, 0.717) is 30.9 Å². The number of anilines is 2. The molecular weight excluding hydrogens is 274 g/mol. The molecule has 1 aromatic carbocycles. The van der Waals surface area contributed by atoms with E-state index in [1.807, 2.05) is 0 Å². The topological polar surface area (TPSA) is 96.5 Å². The maximum absolute atomic E-state index is 11.7. The van der Waals surface area contributed by atoms with Crippen LogP contribution in [0.15, 0.2) is 24.3 Å². The summed E-state index contributed by atoms with van der Waals surface area (Å²) in [5.41, 5.74) is 0.971. The van der Waals surface area contributed by atoms with Crippen LogP contribution < -0.4 is 16.0 Å². The molecule has 0 saturated carbocycles. The van der Waals surface area contributed by atoms with E-state index in [1.54, 1.807) is 31.4 Å². The summed E-state index contributed by atoms with van der Waals surface area (Å²) in [6, 6.07) is 6.54. The molecule has 0 aliphatic carbocycles. The second kappa shape index (κ2) is 8.70. The Morgan fingerprint density at radius 2 is 1.76 bits per heavy atom. The van der Waals surface area contributed by atoms with Crippen LogP contribution in [0.2, 0.25) is 0 Å². The lowest BCUT2D eigenvalue weighted by molar-refractivity contribution is -0.136. The van der Waals surface area contributed by atoms with Crippen LogP contribution in [-0.2, 0) is 19.1 Å². The Morgan fingerprint density at radius 3 is 2.38 bits per heavy atom. The minimum absolute atomic E-state index is 0.214. The Hall–Kier alpha value is -2.41. The standard InChI is InChI=1S/C14H19N3O4/c1-10(18)16-11-5-3-6-12(9-11)17-14(20)13(19)15-7-4-8-21-2/h3,5-6,9H,4,7-8H2,1-2H3,(H,15,19)(H,16,18)(H,17,20). The molecule has 0 bridgehead atoms. The summed E-state index contributed by atoms with van der Waals surface area (Å²) in [4.78, 5) is 34.2. The predicted octanol–water partition coefficient (Wildman–Crippen LogP) is 0.736. The number of nitrogens with one attached hydrogen (secondary N) is 3. The monoisotopic (exact) mass is 293 g/mol. The van der Waals surface area contributed by atoms with Gasteiger partial charge < -0.3 is 20.7 Å². The number of benzene rings is 1. The van der Waals surface area contributed by atoms with E-state index >= 15 is 0 Å². The third-order valence-corrected chi connectivity index (χ3v) is 2.46. The average molecular weight is 293 g/mol. The lowest BCUT2D eigenvalue weighted by Gasteiger charge is -2.08. The van der Waals surface area contributed by atoms with Crippen LogP contribution >= 0.6 is 0 Å². The van der Waals surface area contributed by atoms with Crippen molar-refractivity contribution in [3.05, 3.63) is 24.3 Å². The van der Waals surface area contributed by atoms with Gasteiger partial charge in [0.15, 0.2) is 0 Å². The molecule has 7 nitrogen and oxygen atoms in total. The molecule has 0 aliphatic rings. The fourth-order valence-corrected chi connectivity index (χ4v) is 1.56. The van der Waals surface area contributed by atoms with Gasteiger partial charge in [0.25, 0.3) is 0 Å². The lowest BCUT2D eigenvalue weighted by Crippen LogP contribution is -2.36. The predicted molar refractivity (Wildman–Crippen MR) is 78.9 cm³/mol. The van der Waals surface area contributed by atoms with Crippen molar-refractivity contribution in [1.82, 2.24) is 5.32 Å². The van der Waals surface area contributed by atoms with E-state index in [-0.39, 0.29) is 5.91 Å². The number of amides is 3. The van der Waals surface area contributed by atoms with Gasteiger partial charge >= 0.3 is 11.8 Å². The van der Waals surface area contributed by atoms with Gasteiger partial charge in [-0.15, -0.1) is 0 Å². The number of carbonyl (C=O) groups is 3. The largest absolute Gasteiger partial charge is 0.385 e. The minimum Gasteiger partial charge on any atom is -0.385 e. The molecule has 7 heteroatoms. The molecule has 21 heavy (non-hydrogen) atoms. The van der Waals surface area contributed by atoms with E-state index in [0.717, 1.165) is 0 Å². The molecule has 0 atom stereocenters. The highest BCUT2D eigenvalue weighted by Gasteiger charge is 2.13. The molecule has 0 aliphatic heterocycles. The Bertz CT molecular complexity index is 517. The summed E-state index contributed by atoms with van der Waals surface area (Å²) in [6.45, 7) is 2.27. The highest BCUT2D eigenvalue weighted by atomic mass is 16.5. The highest BCUT2D eigenvalue weighted by Crippen LogP contribution is 2.14. The molecule has 3 N–H and O–H groups in total. The number of rotatable bonds is 6. The first-order chi connectivity index (χ1) is 10.0. The van der Waals surface area contributed by atoms with Crippen LogP contribution in [0.25, 0.3) is 0 Å². The Balaban J connectivity index is 2.50. The van der Waals surface area contributed by atoms with Gasteiger partial charge in [0.2, 0.25) is 5.91 Å². The van der Waals surface area contributed by atoms with E-state index in [9.17, 15) is 14.4 Å². The van der Waals surface area contributed by atoms with Crippen molar-refractivity contribution in [2.75, 3.05) is 30.9 Å². The zero-order valence-corrected chi connectivity index (χ0v) is 12.1. The number of methoxy groups -OCH3 is 1. The molecule has 0 fully saturated rings. The second-order valence-corrected chi connectivity index (χ2v) is 4.32. The smallest absolute Gasteiger partial charge is 0.313 e. The Kier molecular flexibility index (Phi) is 6.90. The first kappa shape index (κ1) is 16.6. The maximum Gasteiger partial charge on any atom is 0.313 e. The van der Waals surface area contributed by atoms with Crippen LogP contribution in [0.1, 0.15) is 13.3 Å². The fourth-order valence-electron chi connectivity index (χ4n) is 1.56. The number of hydrogen-bond donors (Lipinski definition) is 3. The van der Waals surface area contributed by atoms with Crippen molar-refractivity contribution in [3.8, 4) is 0 Å². The van der Waals surface area contributed by atoms with Crippen LogP contribution in [-0.4, -0.2) is 38.0 Å². The fraction of sp³-hybridized carbons (Fsp3) is 0.357. The summed E-state index contributed by atoms with van der Waals surface area (Å²) in [6.07, 6.45) is 0.632. The summed E-state index contributed by atoms with van der Waals surface area (Å²) in [5.74, 6) is -1.68. The van der Waals surface area contributed by atoms with Gasteiger partial charge in [0, 0.05) is 38.6 Å². The molecule has 0 aromatic heterocycles. The SMILES string of the molecule is COCCCNC(=O)C(=O)Nc1cccc(NC(C)=O)c1. The second-order valence-electron chi connectivity index (χ2n) is 4.32. The van der Waals surface area contributed by atoms with Crippen molar-refractivity contribution in [2.45, 2.75) is 13.3 Å². The quantitative estimate of drug-likeness (QED) is 0.532. The molecule has 1 rings (SSSR count). The van der Waals surface area contributed by atoms with Gasteiger partial charge in [-0.3, -0.25) is 14.4 Å². The zero-order valence-electron chi connectivity index (χ0n) is 12.1. The van der Waals surface area contributed by atoms with E-state index in [4.69, 9.17) is 4.74 Å². The van der Waals surface area contributed by atoms with E-state index in [1.165, 1.54) is 6.92 Å². The molecule has 0 heterocycles. The Morgan fingerprint density at radius 1 is 1.10 bits per heavy atom. The average Bonchev–Trinajstić information content (AvgIpc) is 2.43. The summed E-state index contributed by atoms with van der Waals surface area (Å²) in [5, 5.41) is 7.54.